The Morgan fingerprint density at radius 3 is 2.76 bits per heavy atom. The molecule has 0 atom stereocenters. The third-order valence-electron chi connectivity index (χ3n) is 2.40. The summed E-state index contributed by atoms with van der Waals surface area (Å²) in [7, 11) is 0. The number of hydrogen-bond donors (Lipinski definition) is 1. The first kappa shape index (κ1) is 11.6. The van der Waals surface area contributed by atoms with Gasteiger partial charge in [0.1, 0.15) is 17.4 Å². The molecule has 0 amide bonds. The topological polar surface area (TPSA) is 48.7 Å². The van der Waals surface area contributed by atoms with E-state index in [1.165, 1.54) is 17.4 Å². The van der Waals surface area contributed by atoms with Crippen LogP contribution in [0, 0.1) is 31.0 Å². The fourth-order valence-electron chi connectivity index (χ4n) is 1.38. The molecule has 1 aromatic carbocycles. The second-order valence-electron chi connectivity index (χ2n) is 3.56. The van der Waals surface area contributed by atoms with Crippen LogP contribution in [0.4, 0.5) is 15.2 Å². The summed E-state index contributed by atoms with van der Waals surface area (Å²) in [6.07, 6.45) is 0. The van der Waals surface area contributed by atoms with Gasteiger partial charge in [0.2, 0.25) is 0 Å². The van der Waals surface area contributed by atoms with Crippen LogP contribution in [0.15, 0.2) is 18.2 Å². The number of aryl methyl sites for hydroxylation is 2. The van der Waals surface area contributed by atoms with Crippen LogP contribution >= 0.6 is 11.3 Å². The molecule has 0 bridgehead atoms. The Bertz CT molecular complexity index is 579. The lowest BCUT2D eigenvalue weighted by Crippen LogP contribution is -1.95. The van der Waals surface area contributed by atoms with Gasteiger partial charge in [-0.3, -0.25) is 0 Å². The Balaban J connectivity index is 2.37. The van der Waals surface area contributed by atoms with Crippen LogP contribution in [0.25, 0.3) is 0 Å². The summed E-state index contributed by atoms with van der Waals surface area (Å²) < 4.78 is 13.4. The van der Waals surface area contributed by atoms with E-state index in [1.54, 1.807) is 12.1 Å². The lowest BCUT2D eigenvalue weighted by molar-refractivity contribution is 0.624. The predicted octanol–water partition coefficient (Wildman–Crippen LogP) is 3.51. The van der Waals surface area contributed by atoms with Crippen LogP contribution in [0.3, 0.4) is 0 Å². The number of thiazole rings is 1. The van der Waals surface area contributed by atoms with Crippen LogP contribution in [-0.2, 0) is 0 Å². The SMILES string of the molecule is Cc1nc(Nc2cccc(F)c2C#N)sc1C. The molecule has 0 aliphatic rings. The minimum atomic E-state index is -0.525. The van der Waals surface area contributed by atoms with Crippen LogP contribution in [0.2, 0.25) is 0 Å². The number of nitriles is 1. The summed E-state index contributed by atoms with van der Waals surface area (Å²) in [4.78, 5) is 5.39. The van der Waals surface area contributed by atoms with Gasteiger partial charge in [-0.05, 0) is 26.0 Å². The van der Waals surface area contributed by atoms with Gasteiger partial charge in [0.15, 0.2) is 5.13 Å². The number of halogens is 1. The second-order valence-corrected chi connectivity index (χ2v) is 4.76. The van der Waals surface area contributed by atoms with Gasteiger partial charge in [-0.15, -0.1) is 11.3 Å². The molecule has 0 saturated carbocycles. The van der Waals surface area contributed by atoms with E-state index < -0.39 is 5.82 Å². The highest BCUT2D eigenvalue weighted by Gasteiger charge is 2.10. The van der Waals surface area contributed by atoms with E-state index in [-0.39, 0.29) is 5.56 Å². The van der Waals surface area contributed by atoms with Gasteiger partial charge in [-0.25, -0.2) is 9.37 Å². The maximum Gasteiger partial charge on any atom is 0.187 e. The highest BCUT2D eigenvalue weighted by Crippen LogP contribution is 2.27. The van der Waals surface area contributed by atoms with E-state index in [9.17, 15) is 4.39 Å². The molecule has 0 aliphatic carbocycles. The van der Waals surface area contributed by atoms with E-state index in [1.807, 2.05) is 19.9 Å². The zero-order valence-electron chi connectivity index (χ0n) is 9.41. The monoisotopic (exact) mass is 247 g/mol. The molecule has 0 fully saturated rings. The average Bonchev–Trinajstić information content (AvgIpc) is 2.58. The molecule has 0 saturated heterocycles. The third kappa shape index (κ3) is 2.27. The molecule has 0 unspecified atom stereocenters. The standard InChI is InChI=1S/C12H10FN3S/c1-7-8(2)17-12(15-7)16-11-5-3-4-10(13)9(11)6-14/h3-5H,1-2H3,(H,15,16). The van der Waals surface area contributed by atoms with E-state index in [0.717, 1.165) is 10.6 Å². The molecular formula is C12H10FN3S. The quantitative estimate of drug-likeness (QED) is 0.883. The molecule has 1 aromatic heterocycles. The largest absolute Gasteiger partial charge is 0.330 e. The van der Waals surface area contributed by atoms with Gasteiger partial charge in [-0.2, -0.15) is 5.26 Å². The number of aromatic nitrogens is 1. The fourth-order valence-corrected chi connectivity index (χ4v) is 2.21. The molecule has 2 aromatic rings. The van der Waals surface area contributed by atoms with Crippen LogP contribution < -0.4 is 5.32 Å². The number of benzene rings is 1. The van der Waals surface area contributed by atoms with Crippen LogP contribution in [0.5, 0.6) is 0 Å². The van der Waals surface area contributed by atoms with Gasteiger partial charge in [0.05, 0.1) is 11.4 Å². The van der Waals surface area contributed by atoms with Gasteiger partial charge in [-0.1, -0.05) is 6.07 Å². The smallest absolute Gasteiger partial charge is 0.187 e. The Labute approximate surface area is 103 Å². The third-order valence-corrected chi connectivity index (χ3v) is 3.38. The van der Waals surface area contributed by atoms with Crippen molar-refractivity contribution in [2.24, 2.45) is 0 Å². The summed E-state index contributed by atoms with van der Waals surface area (Å²) in [5.74, 6) is -0.525. The zero-order valence-corrected chi connectivity index (χ0v) is 10.2. The van der Waals surface area contributed by atoms with Crippen LogP contribution in [0.1, 0.15) is 16.1 Å². The van der Waals surface area contributed by atoms with Gasteiger partial charge < -0.3 is 5.32 Å². The number of anilines is 2. The molecule has 0 spiro atoms. The van der Waals surface area contributed by atoms with Crippen molar-refractivity contribution < 1.29 is 4.39 Å². The second kappa shape index (κ2) is 4.52. The molecule has 0 radical (unpaired) electrons. The lowest BCUT2D eigenvalue weighted by atomic mass is 10.2. The highest BCUT2D eigenvalue weighted by atomic mass is 32.1. The average molecular weight is 247 g/mol. The van der Waals surface area contributed by atoms with Crippen molar-refractivity contribution in [1.29, 1.82) is 5.26 Å². The summed E-state index contributed by atoms with van der Waals surface area (Å²) >= 11 is 1.48. The summed E-state index contributed by atoms with van der Waals surface area (Å²) in [6, 6.07) is 6.33. The Hall–Kier alpha value is -1.93. The van der Waals surface area contributed by atoms with Crippen molar-refractivity contribution in [2.75, 3.05) is 5.32 Å². The number of nitrogens with one attached hydrogen (secondary N) is 1. The normalized spacial score (nSPS) is 10.0. The van der Waals surface area contributed by atoms with E-state index in [4.69, 9.17) is 5.26 Å². The number of hydrogen-bond acceptors (Lipinski definition) is 4. The molecule has 1 heterocycles. The maximum atomic E-state index is 13.4. The minimum Gasteiger partial charge on any atom is -0.330 e. The minimum absolute atomic E-state index is 0.0120. The van der Waals surface area contributed by atoms with E-state index >= 15 is 0 Å². The lowest BCUT2D eigenvalue weighted by Gasteiger charge is -2.04. The summed E-state index contributed by atoms with van der Waals surface area (Å²) in [5, 5.41) is 12.5. The predicted molar refractivity (Wildman–Crippen MR) is 66.0 cm³/mol. The Morgan fingerprint density at radius 1 is 1.41 bits per heavy atom. The van der Waals surface area contributed by atoms with Crippen molar-refractivity contribution in [3.63, 3.8) is 0 Å². The molecular weight excluding hydrogens is 237 g/mol. The Morgan fingerprint density at radius 2 is 2.18 bits per heavy atom. The Kier molecular flexibility index (Phi) is 3.07. The zero-order chi connectivity index (χ0) is 12.4. The van der Waals surface area contributed by atoms with Crippen molar-refractivity contribution in [3.05, 3.63) is 40.2 Å². The molecule has 86 valence electrons. The first-order valence-corrected chi connectivity index (χ1v) is 5.83. The molecule has 2 rings (SSSR count). The molecule has 0 aliphatic heterocycles. The molecule has 17 heavy (non-hydrogen) atoms. The van der Waals surface area contributed by atoms with E-state index in [0.29, 0.717) is 10.8 Å². The van der Waals surface area contributed by atoms with Crippen molar-refractivity contribution in [1.82, 2.24) is 4.98 Å². The fraction of sp³-hybridized carbons (Fsp3) is 0.167. The summed E-state index contributed by atoms with van der Waals surface area (Å²) in [5.41, 5.74) is 1.40. The number of nitrogens with zero attached hydrogens (tertiary/aromatic N) is 2. The first-order chi connectivity index (χ1) is 8.11. The molecule has 1 N–H and O–H groups in total. The van der Waals surface area contributed by atoms with Gasteiger partial charge in [0.25, 0.3) is 0 Å². The van der Waals surface area contributed by atoms with Crippen LogP contribution in [-0.4, -0.2) is 4.98 Å². The van der Waals surface area contributed by atoms with Crippen molar-refractivity contribution in [3.8, 4) is 6.07 Å². The van der Waals surface area contributed by atoms with Crippen molar-refractivity contribution >= 4 is 22.2 Å². The van der Waals surface area contributed by atoms with Gasteiger partial charge in [0, 0.05) is 4.88 Å². The summed E-state index contributed by atoms with van der Waals surface area (Å²) in [6.45, 7) is 3.88. The maximum absolute atomic E-state index is 13.4. The number of rotatable bonds is 2. The highest BCUT2D eigenvalue weighted by molar-refractivity contribution is 7.15. The van der Waals surface area contributed by atoms with Gasteiger partial charge >= 0.3 is 0 Å². The first-order valence-electron chi connectivity index (χ1n) is 5.01. The molecule has 5 heteroatoms. The van der Waals surface area contributed by atoms with E-state index in [2.05, 4.69) is 10.3 Å². The molecule has 3 nitrogen and oxygen atoms in total. The van der Waals surface area contributed by atoms with Crippen molar-refractivity contribution in [2.45, 2.75) is 13.8 Å².